The minimum atomic E-state index is 1.10. The molecule has 1 heteroatoms. The Bertz CT molecular complexity index is 1210. The van der Waals surface area contributed by atoms with Crippen LogP contribution in [-0.4, -0.2) is 4.57 Å². The second-order valence-electron chi connectivity index (χ2n) is 8.03. The molecule has 1 heterocycles. The van der Waals surface area contributed by atoms with Crippen LogP contribution in [0.1, 0.15) is 31.2 Å². The fraction of sp³-hybridized carbons (Fsp3) is 0.214. The summed E-state index contributed by atoms with van der Waals surface area (Å²) in [6.45, 7) is 1.10. The first kappa shape index (κ1) is 18.0. The van der Waals surface area contributed by atoms with Gasteiger partial charge in [-0.25, -0.2) is 0 Å². The van der Waals surface area contributed by atoms with Crippen molar-refractivity contribution >= 4 is 32.6 Å². The van der Waals surface area contributed by atoms with Gasteiger partial charge in [-0.15, -0.1) is 0 Å². The fourth-order valence-corrected chi connectivity index (χ4v) is 4.59. The highest BCUT2D eigenvalue weighted by atomic mass is 15.0. The number of hydrogen-bond acceptors (Lipinski definition) is 0. The molecular weight excluding hydrogens is 350 g/mol. The van der Waals surface area contributed by atoms with Crippen molar-refractivity contribution in [3.63, 3.8) is 0 Å². The summed E-state index contributed by atoms with van der Waals surface area (Å²) in [5, 5.41) is 5.44. The van der Waals surface area contributed by atoms with Gasteiger partial charge in [0.2, 0.25) is 0 Å². The minimum absolute atomic E-state index is 1.10. The van der Waals surface area contributed by atoms with Crippen molar-refractivity contribution in [2.45, 2.75) is 38.6 Å². The Hall–Kier alpha value is -3.06. The fourth-order valence-electron chi connectivity index (χ4n) is 4.59. The zero-order chi connectivity index (χ0) is 19.5. The first-order chi connectivity index (χ1) is 14.4. The zero-order valence-electron chi connectivity index (χ0n) is 16.9. The molecule has 0 N–H and O–H groups in total. The van der Waals surface area contributed by atoms with Crippen LogP contribution >= 0.6 is 0 Å². The minimum Gasteiger partial charge on any atom is -0.340 e. The molecular formula is C28H27N. The van der Waals surface area contributed by atoms with E-state index in [9.17, 15) is 0 Å². The van der Waals surface area contributed by atoms with E-state index in [1.807, 2.05) is 0 Å². The van der Waals surface area contributed by atoms with Gasteiger partial charge in [0.15, 0.2) is 0 Å². The lowest BCUT2D eigenvalue weighted by Crippen LogP contribution is -1.97. The summed E-state index contributed by atoms with van der Waals surface area (Å²) in [5.41, 5.74) is 4.20. The van der Waals surface area contributed by atoms with Crippen LogP contribution in [0, 0.1) is 0 Å². The summed E-state index contributed by atoms with van der Waals surface area (Å²) in [6, 6.07) is 33.2. The second-order valence-corrected chi connectivity index (χ2v) is 8.03. The summed E-state index contributed by atoms with van der Waals surface area (Å²) in [7, 11) is 0. The lowest BCUT2D eigenvalue weighted by atomic mass is 10.0. The van der Waals surface area contributed by atoms with Gasteiger partial charge in [0.1, 0.15) is 0 Å². The van der Waals surface area contributed by atoms with Gasteiger partial charge in [-0.2, -0.15) is 0 Å². The Morgan fingerprint density at radius 2 is 1.14 bits per heavy atom. The summed E-state index contributed by atoms with van der Waals surface area (Å²) in [5.74, 6) is 0. The smallest absolute Gasteiger partial charge is 0.0491 e. The molecule has 0 atom stereocenters. The average molecular weight is 378 g/mol. The molecule has 0 fully saturated rings. The molecule has 0 saturated heterocycles. The Balaban J connectivity index is 1.18. The van der Waals surface area contributed by atoms with Crippen LogP contribution in [0.15, 0.2) is 91.0 Å². The van der Waals surface area contributed by atoms with Gasteiger partial charge in [0.05, 0.1) is 0 Å². The van der Waals surface area contributed by atoms with E-state index in [4.69, 9.17) is 0 Å². The normalized spacial score (nSPS) is 11.6. The van der Waals surface area contributed by atoms with E-state index in [0.29, 0.717) is 0 Å². The first-order valence-electron chi connectivity index (χ1n) is 10.8. The maximum atomic E-state index is 2.51. The summed E-state index contributed by atoms with van der Waals surface area (Å²) in [4.78, 5) is 0. The molecule has 0 radical (unpaired) electrons. The average Bonchev–Trinajstić information content (AvgIpc) is 3.10. The van der Waals surface area contributed by atoms with Crippen molar-refractivity contribution in [1.82, 2.24) is 4.57 Å². The summed E-state index contributed by atoms with van der Waals surface area (Å²) >= 11 is 0. The van der Waals surface area contributed by atoms with Crippen LogP contribution < -0.4 is 0 Å². The molecule has 29 heavy (non-hydrogen) atoms. The highest BCUT2D eigenvalue weighted by Crippen LogP contribution is 2.29. The molecule has 0 spiro atoms. The number of nitrogens with zero attached hydrogens (tertiary/aromatic N) is 1. The molecule has 4 aromatic carbocycles. The number of fused-ring (bicyclic) bond motifs is 4. The van der Waals surface area contributed by atoms with Gasteiger partial charge in [0.25, 0.3) is 0 Å². The predicted octanol–water partition coefficient (Wildman–Crippen LogP) is 7.75. The number of rotatable bonds is 7. The molecule has 5 rings (SSSR count). The maximum absolute atomic E-state index is 2.51. The van der Waals surface area contributed by atoms with Gasteiger partial charge in [-0.05, 0) is 47.7 Å². The molecule has 144 valence electrons. The van der Waals surface area contributed by atoms with E-state index in [1.54, 1.807) is 0 Å². The summed E-state index contributed by atoms with van der Waals surface area (Å²) < 4.78 is 2.51. The van der Waals surface area contributed by atoms with Gasteiger partial charge >= 0.3 is 0 Å². The Kier molecular flexibility index (Phi) is 5.04. The van der Waals surface area contributed by atoms with E-state index in [1.165, 1.54) is 70.2 Å². The number of aryl methyl sites for hydroxylation is 2. The van der Waals surface area contributed by atoms with E-state index in [-0.39, 0.29) is 0 Å². The van der Waals surface area contributed by atoms with Crippen LogP contribution in [0.4, 0.5) is 0 Å². The molecule has 0 amide bonds. The van der Waals surface area contributed by atoms with Crippen LogP contribution in [0.3, 0.4) is 0 Å². The Morgan fingerprint density at radius 3 is 1.90 bits per heavy atom. The highest BCUT2D eigenvalue weighted by molar-refractivity contribution is 6.07. The number of hydrogen-bond donors (Lipinski definition) is 0. The van der Waals surface area contributed by atoms with Crippen LogP contribution in [0.5, 0.6) is 0 Å². The zero-order valence-corrected chi connectivity index (χ0v) is 16.9. The van der Waals surface area contributed by atoms with Crippen LogP contribution in [0.25, 0.3) is 32.6 Å². The lowest BCUT2D eigenvalue weighted by molar-refractivity contribution is 0.589. The quantitative estimate of drug-likeness (QED) is 0.255. The third-order valence-electron chi connectivity index (χ3n) is 6.09. The van der Waals surface area contributed by atoms with Crippen molar-refractivity contribution in [1.29, 1.82) is 0 Å². The second kappa shape index (κ2) is 8.13. The largest absolute Gasteiger partial charge is 0.340 e. The summed E-state index contributed by atoms with van der Waals surface area (Å²) in [6.07, 6.45) is 6.27. The van der Waals surface area contributed by atoms with Crippen molar-refractivity contribution in [2.75, 3.05) is 0 Å². The van der Waals surface area contributed by atoms with E-state index in [2.05, 4.69) is 95.6 Å². The predicted molar refractivity (Wildman–Crippen MR) is 126 cm³/mol. The van der Waals surface area contributed by atoms with Crippen molar-refractivity contribution in [3.8, 4) is 0 Å². The van der Waals surface area contributed by atoms with Gasteiger partial charge in [-0.3, -0.25) is 0 Å². The van der Waals surface area contributed by atoms with Crippen molar-refractivity contribution < 1.29 is 0 Å². The molecule has 0 saturated carbocycles. The lowest BCUT2D eigenvalue weighted by Gasteiger charge is -2.08. The van der Waals surface area contributed by atoms with E-state index < -0.39 is 0 Å². The topological polar surface area (TPSA) is 4.93 Å². The van der Waals surface area contributed by atoms with Gasteiger partial charge < -0.3 is 4.57 Å². The molecule has 1 nitrogen and oxygen atoms in total. The Morgan fingerprint density at radius 1 is 0.517 bits per heavy atom. The molecule has 5 aromatic rings. The standard InChI is InChI=1S/C28H27N/c1(3-11-22-18-19-23-12-4-5-13-24(23)21-22)2-10-20-29-27-16-8-6-14-25(27)26-15-7-9-17-28(26)29/h4-9,12-19,21H,1-3,10-11,20H2. The van der Waals surface area contributed by atoms with Crippen molar-refractivity contribution in [3.05, 3.63) is 96.6 Å². The molecule has 0 unspecified atom stereocenters. The number of para-hydroxylation sites is 2. The molecule has 0 bridgehead atoms. The van der Waals surface area contributed by atoms with Gasteiger partial charge in [0, 0.05) is 28.4 Å². The first-order valence-corrected chi connectivity index (χ1v) is 10.8. The maximum Gasteiger partial charge on any atom is 0.0491 e. The number of aromatic nitrogens is 1. The molecule has 0 aliphatic carbocycles. The molecule has 1 aromatic heterocycles. The number of unbranched alkanes of at least 4 members (excludes halogenated alkanes) is 3. The third kappa shape index (κ3) is 3.65. The molecule has 0 aliphatic heterocycles. The highest BCUT2D eigenvalue weighted by Gasteiger charge is 2.08. The van der Waals surface area contributed by atoms with E-state index >= 15 is 0 Å². The monoisotopic (exact) mass is 377 g/mol. The van der Waals surface area contributed by atoms with Gasteiger partial charge in [-0.1, -0.05) is 91.7 Å². The van der Waals surface area contributed by atoms with Crippen molar-refractivity contribution in [2.24, 2.45) is 0 Å². The molecule has 0 aliphatic rings. The van der Waals surface area contributed by atoms with Crippen LogP contribution in [0.2, 0.25) is 0 Å². The number of benzene rings is 4. The van der Waals surface area contributed by atoms with Crippen LogP contribution in [-0.2, 0) is 13.0 Å². The SMILES string of the molecule is c1ccc2cc(CCCCCCn3c4ccccc4c4ccccc43)ccc2c1. The Labute approximate surface area is 172 Å². The van der Waals surface area contributed by atoms with E-state index in [0.717, 1.165) is 6.54 Å². The third-order valence-corrected chi connectivity index (χ3v) is 6.09.